The summed E-state index contributed by atoms with van der Waals surface area (Å²) in [7, 11) is 0. The number of benzene rings is 1. The number of nitro benzene ring substituents is 1. The standard InChI is InChI=1S/C12H15NO3/c1-8(2)12(14)7-10-6-9(3)4-5-11(10)13(15)16/h4-6,8H,7H2,1-3H3. The zero-order chi connectivity index (χ0) is 12.3. The number of rotatable bonds is 4. The van der Waals surface area contributed by atoms with Gasteiger partial charge in [0, 0.05) is 24.0 Å². The Bertz CT molecular complexity index is 424. The van der Waals surface area contributed by atoms with Gasteiger partial charge in [-0.3, -0.25) is 14.9 Å². The third kappa shape index (κ3) is 2.89. The predicted molar refractivity (Wildman–Crippen MR) is 61.4 cm³/mol. The normalized spacial score (nSPS) is 10.5. The van der Waals surface area contributed by atoms with Crippen LogP contribution in [0.25, 0.3) is 0 Å². The zero-order valence-electron chi connectivity index (χ0n) is 9.69. The number of hydrogen-bond donors (Lipinski definition) is 0. The summed E-state index contributed by atoms with van der Waals surface area (Å²) >= 11 is 0. The minimum Gasteiger partial charge on any atom is -0.299 e. The average Bonchev–Trinajstić information content (AvgIpc) is 2.16. The van der Waals surface area contributed by atoms with E-state index >= 15 is 0 Å². The molecule has 86 valence electrons. The third-order valence-electron chi connectivity index (χ3n) is 2.44. The van der Waals surface area contributed by atoms with Gasteiger partial charge in [0.2, 0.25) is 0 Å². The molecule has 0 atom stereocenters. The van der Waals surface area contributed by atoms with Crippen molar-refractivity contribution in [1.82, 2.24) is 0 Å². The van der Waals surface area contributed by atoms with Gasteiger partial charge in [0.05, 0.1) is 4.92 Å². The highest BCUT2D eigenvalue weighted by atomic mass is 16.6. The monoisotopic (exact) mass is 221 g/mol. The highest BCUT2D eigenvalue weighted by Gasteiger charge is 2.17. The summed E-state index contributed by atoms with van der Waals surface area (Å²) < 4.78 is 0. The lowest BCUT2D eigenvalue weighted by molar-refractivity contribution is -0.385. The van der Waals surface area contributed by atoms with Gasteiger partial charge >= 0.3 is 0 Å². The maximum absolute atomic E-state index is 11.6. The Labute approximate surface area is 94.4 Å². The van der Waals surface area contributed by atoms with E-state index in [9.17, 15) is 14.9 Å². The van der Waals surface area contributed by atoms with Crippen LogP contribution in [0.3, 0.4) is 0 Å². The van der Waals surface area contributed by atoms with Gasteiger partial charge in [0.25, 0.3) is 5.69 Å². The molecule has 4 nitrogen and oxygen atoms in total. The first-order valence-corrected chi connectivity index (χ1v) is 5.18. The van der Waals surface area contributed by atoms with Crippen LogP contribution < -0.4 is 0 Å². The molecule has 0 aromatic heterocycles. The second kappa shape index (κ2) is 4.88. The molecular formula is C12H15NO3. The molecule has 16 heavy (non-hydrogen) atoms. The first-order chi connectivity index (χ1) is 7.41. The van der Waals surface area contributed by atoms with Gasteiger partial charge in [-0.05, 0) is 13.0 Å². The molecule has 0 spiro atoms. The lowest BCUT2D eigenvalue weighted by Crippen LogP contribution is -2.11. The summed E-state index contributed by atoms with van der Waals surface area (Å²) in [4.78, 5) is 21.9. The minimum absolute atomic E-state index is 0.0219. The first kappa shape index (κ1) is 12.4. The summed E-state index contributed by atoms with van der Waals surface area (Å²) in [6.45, 7) is 5.45. The summed E-state index contributed by atoms with van der Waals surface area (Å²) in [5.74, 6) is -0.0752. The van der Waals surface area contributed by atoms with E-state index in [2.05, 4.69) is 0 Å². The number of aryl methyl sites for hydroxylation is 1. The number of hydrogen-bond acceptors (Lipinski definition) is 3. The van der Waals surface area contributed by atoms with Gasteiger partial charge in [-0.25, -0.2) is 0 Å². The molecule has 0 aliphatic rings. The number of Topliss-reactive ketones (excluding diaryl/α,β-unsaturated/α-hetero) is 1. The summed E-state index contributed by atoms with van der Waals surface area (Å²) in [6, 6.07) is 4.85. The van der Waals surface area contributed by atoms with Gasteiger partial charge in [-0.1, -0.05) is 25.5 Å². The molecule has 0 aliphatic carbocycles. The predicted octanol–water partition coefficient (Wildman–Crippen LogP) is 2.67. The Morgan fingerprint density at radius 1 is 1.44 bits per heavy atom. The lowest BCUT2D eigenvalue weighted by Gasteiger charge is -2.06. The van der Waals surface area contributed by atoms with Crippen molar-refractivity contribution in [3.63, 3.8) is 0 Å². The maximum atomic E-state index is 11.6. The van der Waals surface area contributed by atoms with Crippen molar-refractivity contribution in [2.75, 3.05) is 0 Å². The van der Waals surface area contributed by atoms with Crippen molar-refractivity contribution in [3.8, 4) is 0 Å². The van der Waals surface area contributed by atoms with Gasteiger partial charge in [-0.15, -0.1) is 0 Å². The van der Waals surface area contributed by atoms with Crippen LogP contribution in [0.5, 0.6) is 0 Å². The van der Waals surface area contributed by atoms with Crippen LogP contribution in [-0.4, -0.2) is 10.7 Å². The van der Waals surface area contributed by atoms with E-state index in [0.717, 1.165) is 5.56 Å². The molecule has 0 N–H and O–H groups in total. The minimum atomic E-state index is -0.442. The summed E-state index contributed by atoms with van der Waals surface area (Å²) in [5.41, 5.74) is 1.46. The van der Waals surface area contributed by atoms with Crippen LogP contribution >= 0.6 is 0 Å². The number of ketones is 1. The third-order valence-corrected chi connectivity index (χ3v) is 2.44. The second-order valence-corrected chi connectivity index (χ2v) is 4.19. The van der Waals surface area contributed by atoms with E-state index < -0.39 is 4.92 Å². The van der Waals surface area contributed by atoms with Crippen molar-refractivity contribution in [1.29, 1.82) is 0 Å². The van der Waals surface area contributed by atoms with E-state index in [1.807, 2.05) is 6.92 Å². The number of carbonyl (C=O) groups excluding carboxylic acids is 1. The van der Waals surface area contributed by atoms with Crippen LogP contribution in [0.4, 0.5) is 5.69 Å². The van der Waals surface area contributed by atoms with E-state index in [4.69, 9.17) is 0 Å². The van der Waals surface area contributed by atoms with Crippen molar-refractivity contribution in [2.24, 2.45) is 5.92 Å². The van der Waals surface area contributed by atoms with Crippen LogP contribution in [0, 0.1) is 23.0 Å². The Morgan fingerprint density at radius 3 is 2.56 bits per heavy atom. The maximum Gasteiger partial charge on any atom is 0.273 e. The molecule has 0 bridgehead atoms. The van der Waals surface area contributed by atoms with Gasteiger partial charge in [-0.2, -0.15) is 0 Å². The number of nitrogens with zero attached hydrogens (tertiary/aromatic N) is 1. The fourth-order valence-corrected chi connectivity index (χ4v) is 1.43. The SMILES string of the molecule is Cc1ccc([N+](=O)[O-])c(CC(=O)C(C)C)c1. The van der Waals surface area contributed by atoms with Crippen molar-refractivity contribution < 1.29 is 9.72 Å². The fourth-order valence-electron chi connectivity index (χ4n) is 1.43. The van der Waals surface area contributed by atoms with Gasteiger partial charge in [0.1, 0.15) is 5.78 Å². The molecule has 0 saturated heterocycles. The molecule has 0 aliphatic heterocycles. The number of carbonyl (C=O) groups is 1. The van der Waals surface area contributed by atoms with E-state index in [1.165, 1.54) is 6.07 Å². The average molecular weight is 221 g/mol. The lowest BCUT2D eigenvalue weighted by atomic mass is 9.98. The quantitative estimate of drug-likeness (QED) is 0.580. The number of nitro groups is 1. The van der Waals surface area contributed by atoms with Crippen LogP contribution in [0.2, 0.25) is 0 Å². The Hall–Kier alpha value is -1.71. The molecule has 0 amide bonds. The highest BCUT2D eigenvalue weighted by molar-refractivity contribution is 5.83. The van der Waals surface area contributed by atoms with E-state index in [-0.39, 0.29) is 23.8 Å². The summed E-state index contributed by atoms with van der Waals surface area (Å²) in [6.07, 6.45) is 0.135. The van der Waals surface area contributed by atoms with Gasteiger partial charge < -0.3 is 0 Å². The van der Waals surface area contributed by atoms with E-state index in [0.29, 0.717) is 5.56 Å². The zero-order valence-corrected chi connectivity index (χ0v) is 9.69. The van der Waals surface area contributed by atoms with Crippen molar-refractivity contribution >= 4 is 11.5 Å². The second-order valence-electron chi connectivity index (χ2n) is 4.19. The fraction of sp³-hybridized carbons (Fsp3) is 0.417. The molecule has 0 heterocycles. The molecule has 0 fully saturated rings. The first-order valence-electron chi connectivity index (χ1n) is 5.18. The largest absolute Gasteiger partial charge is 0.299 e. The summed E-state index contributed by atoms with van der Waals surface area (Å²) in [5, 5.41) is 10.8. The Balaban J connectivity index is 3.06. The smallest absolute Gasteiger partial charge is 0.273 e. The Kier molecular flexibility index (Phi) is 3.77. The van der Waals surface area contributed by atoms with Crippen molar-refractivity contribution in [2.45, 2.75) is 27.2 Å². The molecule has 1 rings (SSSR count). The van der Waals surface area contributed by atoms with Crippen LogP contribution in [0.1, 0.15) is 25.0 Å². The molecule has 0 unspecified atom stereocenters. The molecule has 4 heteroatoms. The molecule has 0 saturated carbocycles. The highest BCUT2D eigenvalue weighted by Crippen LogP contribution is 2.21. The van der Waals surface area contributed by atoms with E-state index in [1.54, 1.807) is 26.0 Å². The van der Waals surface area contributed by atoms with Crippen LogP contribution in [0.15, 0.2) is 18.2 Å². The topological polar surface area (TPSA) is 60.2 Å². The molecule has 0 radical (unpaired) electrons. The van der Waals surface area contributed by atoms with Gasteiger partial charge in [0.15, 0.2) is 0 Å². The van der Waals surface area contributed by atoms with Crippen LogP contribution in [-0.2, 0) is 11.2 Å². The molecule has 1 aromatic carbocycles. The Morgan fingerprint density at radius 2 is 2.06 bits per heavy atom. The molecular weight excluding hydrogens is 206 g/mol. The van der Waals surface area contributed by atoms with Crippen molar-refractivity contribution in [3.05, 3.63) is 39.4 Å². The molecule has 1 aromatic rings.